The number of hydrogen-bond donors (Lipinski definition) is 1. The molecule has 0 aliphatic heterocycles. The van der Waals surface area contributed by atoms with Crippen molar-refractivity contribution in [3.8, 4) is 6.07 Å². The van der Waals surface area contributed by atoms with Crippen molar-refractivity contribution in [1.82, 2.24) is 9.97 Å². The van der Waals surface area contributed by atoms with Gasteiger partial charge in [-0.05, 0) is 36.2 Å². The van der Waals surface area contributed by atoms with Crippen molar-refractivity contribution in [3.63, 3.8) is 0 Å². The average Bonchev–Trinajstić information content (AvgIpc) is 2.38. The monoisotopic (exact) mass is 224 g/mol. The van der Waals surface area contributed by atoms with Gasteiger partial charge in [0.25, 0.3) is 0 Å². The second-order valence-electron chi connectivity index (χ2n) is 3.70. The molecule has 0 radical (unpaired) electrons. The van der Waals surface area contributed by atoms with Crippen LogP contribution in [-0.2, 0) is 6.54 Å². The fourth-order valence-corrected chi connectivity index (χ4v) is 1.48. The molecule has 0 saturated carbocycles. The molecular weight excluding hydrogens is 212 g/mol. The van der Waals surface area contributed by atoms with Gasteiger partial charge in [-0.15, -0.1) is 0 Å². The number of aromatic nitrogens is 2. The molecule has 0 spiro atoms. The Hall–Kier alpha value is -2.41. The van der Waals surface area contributed by atoms with Gasteiger partial charge in [0, 0.05) is 25.1 Å². The number of anilines is 1. The van der Waals surface area contributed by atoms with Crippen molar-refractivity contribution in [1.29, 1.82) is 5.26 Å². The van der Waals surface area contributed by atoms with E-state index in [0.717, 1.165) is 5.56 Å². The van der Waals surface area contributed by atoms with E-state index >= 15 is 0 Å². The number of pyridine rings is 2. The molecule has 2 aromatic rings. The van der Waals surface area contributed by atoms with Gasteiger partial charge in [-0.3, -0.25) is 4.98 Å². The highest BCUT2D eigenvalue weighted by atomic mass is 15.0. The van der Waals surface area contributed by atoms with Gasteiger partial charge in [-0.25, -0.2) is 4.98 Å². The summed E-state index contributed by atoms with van der Waals surface area (Å²) >= 11 is 0. The molecule has 2 rings (SSSR count). The molecule has 1 N–H and O–H groups in total. The third-order valence-corrected chi connectivity index (χ3v) is 2.49. The standard InChI is InChI=1S/C13H12N4/c1-10-8-15-4-3-12(10)9-17-13-6-11(7-14)2-5-16-13/h2-6,8H,9H2,1H3,(H,16,17). The summed E-state index contributed by atoms with van der Waals surface area (Å²) in [5, 5.41) is 12.0. The molecule has 2 aromatic heterocycles. The summed E-state index contributed by atoms with van der Waals surface area (Å²) in [7, 11) is 0. The van der Waals surface area contributed by atoms with Crippen LogP contribution in [0, 0.1) is 18.3 Å². The molecule has 4 nitrogen and oxygen atoms in total. The van der Waals surface area contributed by atoms with Crippen LogP contribution in [0.2, 0.25) is 0 Å². The van der Waals surface area contributed by atoms with Crippen LogP contribution in [-0.4, -0.2) is 9.97 Å². The molecule has 0 amide bonds. The topological polar surface area (TPSA) is 61.6 Å². The molecule has 0 aromatic carbocycles. The fourth-order valence-electron chi connectivity index (χ4n) is 1.48. The lowest BCUT2D eigenvalue weighted by atomic mass is 10.1. The Morgan fingerprint density at radius 2 is 2.24 bits per heavy atom. The molecule has 0 saturated heterocycles. The molecule has 0 aliphatic rings. The van der Waals surface area contributed by atoms with E-state index in [1.807, 2.05) is 19.2 Å². The van der Waals surface area contributed by atoms with E-state index in [0.29, 0.717) is 17.9 Å². The predicted octanol–water partition coefficient (Wildman–Crippen LogP) is 2.27. The zero-order chi connectivity index (χ0) is 12.1. The highest BCUT2D eigenvalue weighted by molar-refractivity contribution is 5.43. The molecule has 84 valence electrons. The molecule has 0 aliphatic carbocycles. The number of rotatable bonds is 3. The van der Waals surface area contributed by atoms with Crippen molar-refractivity contribution in [3.05, 3.63) is 53.5 Å². The van der Waals surface area contributed by atoms with Gasteiger partial charge in [-0.1, -0.05) is 0 Å². The van der Waals surface area contributed by atoms with E-state index in [4.69, 9.17) is 5.26 Å². The molecule has 2 heterocycles. The predicted molar refractivity (Wildman–Crippen MR) is 65.3 cm³/mol. The number of hydrogen-bond acceptors (Lipinski definition) is 4. The maximum Gasteiger partial charge on any atom is 0.127 e. The van der Waals surface area contributed by atoms with E-state index in [1.165, 1.54) is 5.56 Å². The van der Waals surface area contributed by atoms with Crippen LogP contribution in [0.5, 0.6) is 0 Å². The molecular formula is C13H12N4. The van der Waals surface area contributed by atoms with Crippen LogP contribution in [0.3, 0.4) is 0 Å². The fraction of sp³-hybridized carbons (Fsp3) is 0.154. The first-order valence-electron chi connectivity index (χ1n) is 5.29. The molecule has 0 bridgehead atoms. The smallest absolute Gasteiger partial charge is 0.127 e. The van der Waals surface area contributed by atoms with Crippen LogP contribution < -0.4 is 5.32 Å². The lowest BCUT2D eigenvalue weighted by Gasteiger charge is -2.07. The molecule has 17 heavy (non-hydrogen) atoms. The minimum atomic E-state index is 0.606. The summed E-state index contributed by atoms with van der Waals surface area (Å²) in [6.07, 6.45) is 5.22. The number of nitrogens with zero attached hydrogens (tertiary/aromatic N) is 3. The third-order valence-electron chi connectivity index (χ3n) is 2.49. The second-order valence-corrected chi connectivity index (χ2v) is 3.70. The minimum Gasteiger partial charge on any atom is -0.366 e. The molecule has 0 atom stereocenters. The van der Waals surface area contributed by atoms with E-state index in [2.05, 4.69) is 21.4 Å². The van der Waals surface area contributed by atoms with Crippen molar-refractivity contribution < 1.29 is 0 Å². The average molecular weight is 224 g/mol. The van der Waals surface area contributed by atoms with Gasteiger partial charge in [0.15, 0.2) is 0 Å². The minimum absolute atomic E-state index is 0.606. The summed E-state index contributed by atoms with van der Waals surface area (Å²) in [5.41, 5.74) is 2.91. The lowest BCUT2D eigenvalue weighted by Crippen LogP contribution is -2.03. The van der Waals surface area contributed by atoms with Crippen molar-refractivity contribution in [2.45, 2.75) is 13.5 Å². The molecule has 0 fully saturated rings. The van der Waals surface area contributed by atoms with E-state index < -0.39 is 0 Å². The van der Waals surface area contributed by atoms with Gasteiger partial charge < -0.3 is 5.32 Å². The van der Waals surface area contributed by atoms with Crippen molar-refractivity contribution >= 4 is 5.82 Å². The third kappa shape index (κ3) is 2.79. The summed E-state index contributed by atoms with van der Waals surface area (Å²) in [6, 6.07) is 7.47. The van der Waals surface area contributed by atoms with Crippen LogP contribution in [0.1, 0.15) is 16.7 Å². The van der Waals surface area contributed by atoms with Crippen molar-refractivity contribution in [2.24, 2.45) is 0 Å². The summed E-state index contributed by atoms with van der Waals surface area (Å²) in [4.78, 5) is 8.20. The lowest BCUT2D eigenvalue weighted by molar-refractivity contribution is 1.07. The maximum absolute atomic E-state index is 8.78. The highest BCUT2D eigenvalue weighted by Crippen LogP contribution is 2.10. The second kappa shape index (κ2) is 5.08. The van der Waals surface area contributed by atoms with E-state index in [-0.39, 0.29) is 0 Å². The Morgan fingerprint density at radius 1 is 1.35 bits per heavy atom. The van der Waals surface area contributed by atoms with Crippen LogP contribution in [0.15, 0.2) is 36.8 Å². The quantitative estimate of drug-likeness (QED) is 0.868. The summed E-state index contributed by atoms with van der Waals surface area (Å²) in [6.45, 7) is 2.69. The van der Waals surface area contributed by atoms with Gasteiger partial charge in [0.2, 0.25) is 0 Å². The van der Waals surface area contributed by atoms with Gasteiger partial charge >= 0.3 is 0 Å². The normalized spacial score (nSPS) is 9.65. The van der Waals surface area contributed by atoms with Crippen LogP contribution in [0.25, 0.3) is 0 Å². The summed E-state index contributed by atoms with van der Waals surface area (Å²) < 4.78 is 0. The summed E-state index contributed by atoms with van der Waals surface area (Å²) in [5.74, 6) is 0.709. The van der Waals surface area contributed by atoms with E-state index in [9.17, 15) is 0 Å². The Kier molecular flexibility index (Phi) is 3.31. The van der Waals surface area contributed by atoms with Crippen LogP contribution in [0.4, 0.5) is 5.82 Å². The largest absolute Gasteiger partial charge is 0.366 e. The zero-order valence-corrected chi connectivity index (χ0v) is 9.51. The van der Waals surface area contributed by atoms with Gasteiger partial charge in [0.1, 0.15) is 5.82 Å². The molecule has 0 unspecified atom stereocenters. The molecule has 4 heteroatoms. The van der Waals surface area contributed by atoms with E-state index in [1.54, 1.807) is 24.5 Å². The Bertz CT molecular complexity index is 557. The van der Waals surface area contributed by atoms with Gasteiger partial charge in [-0.2, -0.15) is 5.26 Å². The Labute approximate surface area is 100.0 Å². The highest BCUT2D eigenvalue weighted by Gasteiger charge is 1.99. The van der Waals surface area contributed by atoms with Gasteiger partial charge in [0.05, 0.1) is 11.6 Å². The first-order chi connectivity index (χ1) is 8.29. The number of nitrogens with one attached hydrogen (secondary N) is 1. The Balaban J connectivity index is 2.08. The maximum atomic E-state index is 8.78. The number of aryl methyl sites for hydroxylation is 1. The van der Waals surface area contributed by atoms with Crippen molar-refractivity contribution in [2.75, 3.05) is 5.32 Å². The van der Waals surface area contributed by atoms with Crippen LogP contribution >= 0.6 is 0 Å². The SMILES string of the molecule is Cc1cnccc1CNc1cc(C#N)ccn1. The first-order valence-corrected chi connectivity index (χ1v) is 5.29. The first kappa shape index (κ1) is 11.1. The number of nitriles is 1. The zero-order valence-electron chi connectivity index (χ0n) is 9.51. The Morgan fingerprint density at radius 3 is 3.00 bits per heavy atom.